The first-order chi connectivity index (χ1) is 17.3. The minimum absolute atomic E-state index is 0.0268. The number of nitrogen functional groups attached to an aromatic ring is 1. The van der Waals surface area contributed by atoms with Gasteiger partial charge in [-0.15, -0.1) is 0 Å². The van der Waals surface area contributed by atoms with Crippen molar-refractivity contribution in [1.82, 2.24) is 24.3 Å². The Kier molecular flexibility index (Phi) is 6.33. The van der Waals surface area contributed by atoms with E-state index in [0.29, 0.717) is 11.3 Å². The van der Waals surface area contributed by atoms with Gasteiger partial charge in [-0.05, 0) is 60.9 Å². The highest BCUT2D eigenvalue weighted by molar-refractivity contribution is 5.94. The molecule has 4 aromatic rings. The van der Waals surface area contributed by atoms with Crippen molar-refractivity contribution in [3.8, 4) is 11.3 Å². The van der Waals surface area contributed by atoms with E-state index in [2.05, 4.69) is 57.7 Å². The molecule has 1 aliphatic rings. The number of carbonyl (C=O) groups excluding carboxylic acids is 1. The SMILES string of the molecule is C[C@@H](c1cc2c(-c3ccc(N)cn3)ccnc2n1C)N1CC=C(c2ccc(C(=O)N(C)C)cc2)CC1. The quantitative estimate of drug-likeness (QED) is 0.445. The maximum atomic E-state index is 12.2. The standard InChI is InChI=1S/C29H32N6O/c1-19(35-15-12-21(13-16-35)20-5-7-22(8-6-20)29(36)33(2)3)27-17-25-24(11-14-31-28(25)34(27)4)26-10-9-23(30)18-32-26/h5-12,14,17-19H,13,15-16,30H2,1-4H3/t19-/m0/s1. The van der Waals surface area contributed by atoms with Gasteiger partial charge in [-0.25, -0.2) is 4.98 Å². The molecule has 0 radical (unpaired) electrons. The first-order valence-corrected chi connectivity index (χ1v) is 12.2. The van der Waals surface area contributed by atoms with Crippen LogP contribution in [0.15, 0.2) is 67.0 Å². The molecule has 1 aromatic carbocycles. The van der Waals surface area contributed by atoms with Gasteiger partial charge in [0, 0.05) is 68.7 Å². The molecule has 1 aliphatic heterocycles. The molecule has 0 spiro atoms. The third kappa shape index (κ3) is 4.38. The molecule has 0 saturated carbocycles. The van der Waals surface area contributed by atoms with Gasteiger partial charge in [0.2, 0.25) is 0 Å². The van der Waals surface area contributed by atoms with E-state index in [-0.39, 0.29) is 11.9 Å². The Hall–Kier alpha value is -3.97. The second kappa shape index (κ2) is 9.59. The van der Waals surface area contributed by atoms with E-state index in [0.717, 1.165) is 41.8 Å². The number of anilines is 1. The lowest BCUT2D eigenvalue weighted by molar-refractivity contribution is 0.0827. The zero-order valence-corrected chi connectivity index (χ0v) is 21.3. The molecule has 0 aliphatic carbocycles. The van der Waals surface area contributed by atoms with Crippen molar-refractivity contribution in [2.24, 2.45) is 7.05 Å². The molecule has 0 bridgehead atoms. The van der Waals surface area contributed by atoms with Crippen LogP contribution in [-0.4, -0.2) is 57.4 Å². The fourth-order valence-corrected chi connectivity index (χ4v) is 5.00. The highest BCUT2D eigenvalue weighted by atomic mass is 16.2. The summed E-state index contributed by atoms with van der Waals surface area (Å²) in [6.45, 7) is 4.10. The lowest BCUT2D eigenvalue weighted by atomic mass is 9.97. The number of hydrogen-bond donors (Lipinski definition) is 1. The molecule has 1 amide bonds. The number of hydrogen-bond acceptors (Lipinski definition) is 5. The smallest absolute Gasteiger partial charge is 0.253 e. The first kappa shape index (κ1) is 23.8. The Morgan fingerprint density at radius 3 is 2.50 bits per heavy atom. The summed E-state index contributed by atoms with van der Waals surface area (Å²) in [5.41, 5.74) is 13.9. The average Bonchev–Trinajstić information content (AvgIpc) is 3.25. The minimum atomic E-state index is 0.0268. The van der Waals surface area contributed by atoms with Crippen molar-refractivity contribution in [3.63, 3.8) is 0 Å². The molecule has 1 atom stereocenters. The molecule has 4 heterocycles. The second-order valence-corrected chi connectivity index (χ2v) is 9.63. The zero-order chi connectivity index (χ0) is 25.4. The molecule has 2 N–H and O–H groups in total. The van der Waals surface area contributed by atoms with Crippen LogP contribution in [0.3, 0.4) is 0 Å². The number of carbonyl (C=O) groups is 1. The molecular weight excluding hydrogens is 448 g/mol. The van der Waals surface area contributed by atoms with Crippen LogP contribution < -0.4 is 5.73 Å². The summed E-state index contributed by atoms with van der Waals surface area (Å²) in [6, 6.07) is 16.3. The van der Waals surface area contributed by atoms with Crippen molar-refractivity contribution in [1.29, 1.82) is 0 Å². The molecule has 7 nitrogen and oxygen atoms in total. The van der Waals surface area contributed by atoms with Crippen LogP contribution in [0.2, 0.25) is 0 Å². The highest BCUT2D eigenvalue weighted by Crippen LogP contribution is 2.34. The Balaban J connectivity index is 1.37. The van der Waals surface area contributed by atoms with Crippen LogP contribution >= 0.6 is 0 Å². The summed E-state index contributed by atoms with van der Waals surface area (Å²) < 4.78 is 2.19. The average molecular weight is 481 g/mol. The van der Waals surface area contributed by atoms with Gasteiger partial charge in [-0.3, -0.25) is 14.7 Å². The van der Waals surface area contributed by atoms with Gasteiger partial charge in [-0.1, -0.05) is 18.2 Å². The van der Waals surface area contributed by atoms with E-state index < -0.39 is 0 Å². The third-order valence-electron chi connectivity index (χ3n) is 7.15. The van der Waals surface area contributed by atoms with E-state index in [1.165, 1.54) is 16.8 Å². The van der Waals surface area contributed by atoms with Crippen molar-refractivity contribution < 1.29 is 4.79 Å². The van der Waals surface area contributed by atoms with Gasteiger partial charge >= 0.3 is 0 Å². The zero-order valence-electron chi connectivity index (χ0n) is 21.3. The van der Waals surface area contributed by atoms with E-state index in [4.69, 9.17) is 5.73 Å². The van der Waals surface area contributed by atoms with Crippen molar-refractivity contribution >= 4 is 28.2 Å². The maximum absolute atomic E-state index is 12.2. The number of rotatable bonds is 5. The Morgan fingerprint density at radius 1 is 1.08 bits per heavy atom. The van der Waals surface area contributed by atoms with Crippen LogP contribution in [0.1, 0.15) is 41.0 Å². The van der Waals surface area contributed by atoms with Gasteiger partial charge in [-0.2, -0.15) is 0 Å². The molecule has 5 rings (SSSR count). The van der Waals surface area contributed by atoms with Crippen LogP contribution in [0.25, 0.3) is 27.9 Å². The Morgan fingerprint density at radius 2 is 1.86 bits per heavy atom. The summed E-state index contributed by atoms with van der Waals surface area (Å²) in [7, 11) is 5.64. The van der Waals surface area contributed by atoms with E-state index >= 15 is 0 Å². The first-order valence-electron chi connectivity index (χ1n) is 12.2. The largest absolute Gasteiger partial charge is 0.397 e. The molecule has 0 saturated heterocycles. The predicted molar refractivity (Wildman–Crippen MR) is 145 cm³/mol. The summed E-state index contributed by atoms with van der Waals surface area (Å²) >= 11 is 0. The molecule has 184 valence electrons. The minimum Gasteiger partial charge on any atom is -0.397 e. The fraction of sp³-hybridized carbons (Fsp3) is 0.276. The van der Waals surface area contributed by atoms with Crippen LogP contribution in [0.5, 0.6) is 0 Å². The maximum Gasteiger partial charge on any atom is 0.253 e. The van der Waals surface area contributed by atoms with E-state index in [9.17, 15) is 4.79 Å². The molecule has 0 unspecified atom stereocenters. The number of aryl methyl sites for hydroxylation is 1. The molecule has 7 heteroatoms. The lowest BCUT2D eigenvalue weighted by Gasteiger charge is -2.32. The Labute approximate surface area is 211 Å². The topological polar surface area (TPSA) is 80.3 Å². The number of aromatic nitrogens is 3. The number of amides is 1. The summed E-state index contributed by atoms with van der Waals surface area (Å²) in [6.07, 6.45) is 6.82. The van der Waals surface area contributed by atoms with Gasteiger partial charge in [0.05, 0.1) is 17.6 Å². The van der Waals surface area contributed by atoms with E-state index in [1.54, 1.807) is 25.2 Å². The van der Waals surface area contributed by atoms with Gasteiger partial charge in [0.15, 0.2) is 0 Å². The van der Waals surface area contributed by atoms with Crippen LogP contribution in [0, 0.1) is 0 Å². The normalized spacial score (nSPS) is 15.1. The third-order valence-corrected chi connectivity index (χ3v) is 7.15. The number of nitrogens with two attached hydrogens (primary N) is 1. The van der Waals surface area contributed by atoms with Gasteiger partial charge in [0.25, 0.3) is 5.91 Å². The molecule has 36 heavy (non-hydrogen) atoms. The summed E-state index contributed by atoms with van der Waals surface area (Å²) in [5, 5.41) is 1.10. The number of pyridine rings is 2. The number of nitrogens with zero attached hydrogens (tertiary/aromatic N) is 5. The number of benzene rings is 1. The van der Waals surface area contributed by atoms with Crippen LogP contribution in [-0.2, 0) is 7.05 Å². The van der Waals surface area contributed by atoms with Crippen molar-refractivity contribution in [2.45, 2.75) is 19.4 Å². The second-order valence-electron chi connectivity index (χ2n) is 9.63. The lowest BCUT2D eigenvalue weighted by Crippen LogP contribution is -2.32. The molecule has 0 fully saturated rings. The highest BCUT2D eigenvalue weighted by Gasteiger charge is 2.23. The van der Waals surface area contributed by atoms with Gasteiger partial charge in [0.1, 0.15) is 5.65 Å². The van der Waals surface area contributed by atoms with Crippen molar-refractivity contribution in [3.05, 3.63) is 83.8 Å². The molecular formula is C29H32N6O. The van der Waals surface area contributed by atoms with E-state index in [1.807, 2.05) is 36.5 Å². The van der Waals surface area contributed by atoms with Gasteiger partial charge < -0.3 is 15.2 Å². The summed E-state index contributed by atoms with van der Waals surface area (Å²) in [5.74, 6) is 0.0268. The number of fused-ring (bicyclic) bond motifs is 1. The monoisotopic (exact) mass is 480 g/mol. The predicted octanol–water partition coefficient (Wildman–Crippen LogP) is 4.77. The fourth-order valence-electron chi connectivity index (χ4n) is 5.00. The van der Waals surface area contributed by atoms with Crippen LogP contribution in [0.4, 0.5) is 5.69 Å². The Bertz CT molecular complexity index is 1430. The molecule has 3 aromatic heterocycles. The van der Waals surface area contributed by atoms with Crippen molar-refractivity contribution in [2.75, 3.05) is 32.9 Å². The summed E-state index contributed by atoms with van der Waals surface area (Å²) in [4.78, 5) is 25.5.